The zero-order valence-electron chi connectivity index (χ0n) is 41.0. The summed E-state index contributed by atoms with van der Waals surface area (Å²) in [7, 11) is -7.82. The van der Waals surface area contributed by atoms with E-state index in [9.17, 15) is 71.1 Å². The minimum absolute atomic E-state index is 0.000316. The van der Waals surface area contributed by atoms with Crippen LogP contribution in [-0.4, -0.2) is 103 Å². The van der Waals surface area contributed by atoms with E-state index >= 15 is 8.78 Å². The molecule has 0 fully saturated rings. The van der Waals surface area contributed by atoms with Gasteiger partial charge in [0.15, 0.2) is 21.3 Å². The van der Waals surface area contributed by atoms with Gasteiger partial charge in [0.1, 0.15) is 30.4 Å². The molecule has 0 radical (unpaired) electrons. The predicted molar refractivity (Wildman–Crippen MR) is 255 cm³/mol. The zero-order chi connectivity index (χ0) is 57.8. The van der Waals surface area contributed by atoms with E-state index in [-0.39, 0.29) is 43.3 Å². The van der Waals surface area contributed by atoms with Gasteiger partial charge in [-0.3, -0.25) is 19.1 Å². The number of rotatable bonds is 18. The number of carbonyl (C=O) groups excluding carboxylic acids is 4. The molecule has 3 atom stereocenters. The summed E-state index contributed by atoms with van der Waals surface area (Å²) in [5.41, 5.74) is -5.95. The lowest BCUT2D eigenvalue weighted by atomic mass is 9.81. The molecule has 2 aromatic carbocycles. The Kier molecular flexibility index (Phi) is 16.0. The zero-order valence-corrected chi connectivity index (χ0v) is 43.4. The van der Waals surface area contributed by atoms with Crippen molar-refractivity contribution in [2.75, 3.05) is 30.7 Å². The number of ether oxygens (including phenoxy) is 3. The number of esters is 2. The highest BCUT2D eigenvalue weighted by Crippen LogP contribution is 2.60. The number of methoxy groups -OCH3 is 1. The number of fused-ring (bicyclic) bond motifs is 4. The van der Waals surface area contributed by atoms with Crippen LogP contribution in [0.3, 0.4) is 0 Å². The Hall–Kier alpha value is -7.08. The van der Waals surface area contributed by atoms with Crippen molar-refractivity contribution in [1.29, 1.82) is 0 Å². The molecule has 7 rings (SSSR count). The third-order valence-corrected chi connectivity index (χ3v) is 16.1. The number of allylic oxidation sites excluding steroid dienone is 2. The number of alkyl halides is 8. The van der Waals surface area contributed by atoms with Crippen LogP contribution in [0.1, 0.15) is 66.1 Å². The van der Waals surface area contributed by atoms with Gasteiger partial charge < -0.3 is 19.5 Å². The lowest BCUT2D eigenvalue weighted by Gasteiger charge is -2.28. The maximum atomic E-state index is 15.8. The number of nitrogens with one attached hydrogen (secondary N) is 1. The largest absolute Gasteiger partial charge is 0.466 e. The number of aryl methyl sites for hydroxylation is 1. The van der Waals surface area contributed by atoms with Crippen molar-refractivity contribution in [2.24, 2.45) is 5.92 Å². The van der Waals surface area contributed by atoms with E-state index in [4.69, 9.17) is 16.3 Å². The van der Waals surface area contributed by atoms with Crippen LogP contribution in [-0.2, 0) is 86.5 Å². The second-order valence-corrected chi connectivity index (χ2v) is 23.4. The van der Waals surface area contributed by atoms with E-state index in [1.165, 1.54) is 26.0 Å². The molecule has 0 saturated heterocycles. The Bertz CT molecular complexity index is 3530. The highest BCUT2D eigenvalue weighted by Gasteiger charge is 2.61. The minimum atomic E-state index is -5.28. The second-order valence-electron chi connectivity index (χ2n) is 18.5. The van der Waals surface area contributed by atoms with E-state index < -0.39 is 173 Å². The number of nitrogens with zero attached hydrogens (tertiary/aromatic N) is 6. The summed E-state index contributed by atoms with van der Waals surface area (Å²) in [4.78, 5) is 56.0. The smallest absolute Gasteiger partial charge is 0.435 e. The Morgan fingerprint density at radius 3 is 2.10 bits per heavy atom. The Balaban J connectivity index is 1.42. The molecule has 31 heteroatoms. The molecule has 78 heavy (non-hydrogen) atoms. The molecule has 0 unspecified atom stereocenters. The average Bonchev–Trinajstić information content (AvgIpc) is 4.12. The van der Waals surface area contributed by atoms with Gasteiger partial charge in [0.25, 0.3) is 5.92 Å². The van der Waals surface area contributed by atoms with Crippen molar-refractivity contribution in [3.8, 4) is 11.1 Å². The van der Waals surface area contributed by atoms with Gasteiger partial charge in [-0.2, -0.15) is 49.6 Å². The monoisotopic (exact) mass is 1170 g/mol. The fraction of sp³-hybridized carbons (Fsp3) is 0.383. The fourth-order valence-corrected chi connectivity index (χ4v) is 10.1. The molecule has 5 aromatic rings. The first-order valence-corrected chi connectivity index (χ1v) is 26.7. The highest BCUT2D eigenvalue weighted by molar-refractivity contribution is 7.92. The van der Waals surface area contributed by atoms with Crippen LogP contribution in [0.5, 0.6) is 0 Å². The molecule has 2 amide bonds. The number of pyridine rings is 1. The van der Waals surface area contributed by atoms with Gasteiger partial charge in [0.2, 0.25) is 22.7 Å². The summed E-state index contributed by atoms with van der Waals surface area (Å²) < 4.78 is 213. The van der Waals surface area contributed by atoms with Gasteiger partial charge in [-0.1, -0.05) is 35.9 Å². The van der Waals surface area contributed by atoms with Gasteiger partial charge in [-0.05, 0) is 62.9 Å². The molecule has 0 spiro atoms. The van der Waals surface area contributed by atoms with Crippen LogP contribution in [0.4, 0.5) is 54.5 Å². The Labute approximate surface area is 440 Å². The molecular formula is C47H42ClF10N7O11S2. The Morgan fingerprint density at radius 2 is 1.53 bits per heavy atom. The summed E-state index contributed by atoms with van der Waals surface area (Å²) in [5, 5.41) is 8.37. The molecule has 0 aliphatic heterocycles. The van der Waals surface area contributed by atoms with Crippen LogP contribution in [0.25, 0.3) is 22.0 Å². The first-order valence-electron chi connectivity index (χ1n) is 22.6. The summed E-state index contributed by atoms with van der Waals surface area (Å²) in [6, 6.07) is 4.78. The molecule has 18 nitrogen and oxygen atoms in total. The number of halogens is 11. The second kappa shape index (κ2) is 21.3. The molecule has 2 aliphatic carbocycles. The number of aromatic nitrogens is 5. The highest BCUT2D eigenvalue weighted by atomic mass is 35.5. The summed E-state index contributed by atoms with van der Waals surface area (Å²) in [6.07, 6.45) is -8.87. The van der Waals surface area contributed by atoms with Gasteiger partial charge in [-0.25, -0.2) is 40.0 Å². The van der Waals surface area contributed by atoms with Gasteiger partial charge in [0, 0.05) is 52.8 Å². The number of anilines is 1. The van der Waals surface area contributed by atoms with Crippen LogP contribution in [0.2, 0.25) is 5.02 Å². The molecular weight excluding hydrogens is 1130 g/mol. The topological polar surface area (TPSA) is 228 Å². The molecule has 420 valence electrons. The standard InChI is InChI=1S/C47H42ClF10N7O11S2/c1-44(2,77(4,70)71)15-14-26-6-7-27(28-9-11-31(48)37-39(28)64(21-45(51,52)53)62-42(37)65(78(5,72)73)43(69)76-22-75-35(68)13-12-34(67)74-3)38(59-26)32(18-23-16-24(49)19-25(50)17-23)60-33(66)20-63-41-36(40(61-63)47(56,57)58)29-8-10-30(29)46(41,54)55/h6-13,16-17,19,29-30,32H,14-15,18,20-22H2,1-5H3,(H,60,66)/b13-12+/t29-,30+,32-/m0/s1. The maximum Gasteiger partial charge on any atom is 0.435 e. The lowest BCUT2D eigenvalue weighted by Crippen LogP contribution is -2.37. The van der Waals surface area contributed by atoms with Gasteiger partial charge in [0.05, 0.1) is 51.7 Å². The van der Waals surface area contributed by atoms with E-state index in [1.807, 2.05) is 0 Å². The molecule has 0 bridgehead atoms. The normalized spacial score (nSPS) is 16.6. The lowest BCUT2D eigenvalue weighted by molar-refractivity contribution is -0.146. The van der Waals surface area contributed by atoms with Crippen LogP contribution < -0.4 is 9.62 Å². The van der Waals surface area contributed by atoms with E-state index in [1.54, 1.807) is 0 Å². The van der Waals surface area contributed by atoms with Crippen molar-refractivity contribution >= 4 is 72.1 Å². The summed E-state index contributed by atoms with van der Waals surface area (Å²) in [6.45, 7) is -2.00. The number of carbonyl (C=O) groups is 4. The van der Waals surface area contributed by atoms with Gasteiger partial charge >= 0.3 is 30.4 Å². The molecule has 3 aromatic heterocycles. The van der Waals surface area contributed by atoms with Crippen LogP contribution >= 0.6 is 11.6 Å². The van der Waals surface area contributed by atoms with E-state index in [0.29, 0.717) is 24.5 Å². The van der Waals surface area contributed by atoms with E-state index in [0.717, 1.165) is 49.8 Å². The van der Waals surface area contributed by atoms with Crippen molar-refractivity contribution in [3.05, 3.63) is 117 Å². The van der Waals surface area contributed by atoms with Crippen molar-refractivity contribution < 1.29 is 94.1 Å². The first kappa shape index (κ1) is 58.6. The number of hydrogen-bond acceptors (Lipinski definition) is 14. The van der Waals surface area contributed by atoms with Gasteiger partial charge in [-0.15, -0.1) is 0 Å². The summed E-state index contributed by atoms with van der Waals surface area (Å²) in [5.74, 6) is -14.2. The molecule has 2 aliphatic rings. The quantitative estimate of drug-likeness (QED) is 0.0287. The SMILES string of the molecule is COC(=O)/C=C/C(=O)OCOC(=O)N(c1nn(CC(F)(F)F)c2c(-c3ccc(CCC(C)(C)S(C)(=O)=O)nc3[C@H](Cc3cc(F)cc(F)c3)NC(=O)Cn3nc(C(F)(F)F)c4c3C(F)(F)[C@@H]3C=C[C@H]43)ccc(Cl)c12)S(C)(=O)=O. The summed E-state index contributed by atoms with van der Waals surface area (Å²) >= 11 is 6.61. The Morgan fingerprint density at radius 1 is 0.885 bits per heavy atom. The van der Waals surface area contributed by atoms with E-state index in [2.05, 4.69) is 30.0 Å². The number of benzene rings is 2. The predicted octanol–water partition coefficient (Wildman–Crippen LogP) is 8.17. The fourth-order valence-electron chi connectivity index (χ4n) is 8.63. The van der Waals surface area contributed by atoms with Crippen molar-refractivity contribution in [3.63, 3.8) is 0 Å². The minimum Gasteiger partial charge on any atom is -0.466 e. The third-order valence-electron chi connectivity index (χ3n) is 12.6. The van der Waals surface area contributed by atoms with Crippen LogP contribution in [0, 0.1) is 17.6 Å². The third kappa shape index (κ3) is 12.3. The number of amides is 2. The maximum absolute atomic E-state index is 15.8. The first-order chi connectivity index (χ1) is 36.0. The average molecular weight is 1170 g/mol. The van der Waals surface area contributed by atoms with Crippen LogP contribution in [0.15, 0.2) is 66.8 Å². The number of hydrogen-bond donors (Lipinski definition) is 1. The molecule has 1 N–H and O–H groups in total. The van der Waals surface area contributed by atoms with Crippen molar-refractivity contribution in [2.45, 2.75) is 81.2 Å². The van der Waals surface area contributed by atoms with Crippen molar-refractivity contribution in [1.82, 2.24) is 29.9 Å². The molecule has 0 saturated carbocycles. The molecule has 3 heterocycles. The number of sulfonamides is 1. The number of sulfone groups is 1.